The molecule has 212 valence electrons. The van der Waals surface area contributed by atoms with Crippen LogP contribution in [0.5, 0.6) is 0 Å². The maximum absolute atomic E-state index is 15.0. The summed E-state index contributed by atoms with van der Waals surface area (Å²) in [6, 6.07) is 12.7. The number of nitrogens with one attached hydrogen (secondary N) is 2. The topological polar surface area (TPSA) is 105 Å². The Balaban J connectivity index is 1.51. The molecule has 3 aromatic carbocycles. The Kier molecular flexibility index (Phi) is 6.29. The first-order valence-electron chi connectivity index (χ1n) is 13.3. The summed E-state index contributed by atoms with van der Waals surface area (Å²) >= 11 is 0. The maximum atomic E-state index is 15.0. The van der Waals surface area contributed by atoms with Crippen molar-refractivity contribution in [3.05, 3.63) is 82.9 Å². The van der Waals surface area contributed by atoms with Crippen molar-refractivity contribution in [2.45, 2.75) is 31.1 Å². The molecule has 0 saturated heterocycles. The number of rotatable bonds is 7. The molecule has 3 aliphatic carbocycles. The third-order valence-electron chi connectivity index (χ3n) is 8.61. The van der Waals surface area contributed by atoms with Gasteiger partial charge in [-0.3, -0.25) is 9.59 Å². The predicted octanol–water partition coefficient (Wildman–Crippen LogP) is 5.48. The van der Waals surface area contributed by atoms with Crippen molar-refractivity contribution < 1.29 is 31.2 Å². The zero-order valence-electron chi connectivity index (χ0n) is 22.7. The lowest BCUT2D eigenvalue weighted by Crippen LogP contribution is -2.74. The summed E-state index contributed by atoms with van der Waals surface area (Å²) in [6.07, 6.45) is 2.86. The first-order chi connectivity index (χ1) is 19.4. The number of benzene rings is 3. The van der Waals surface area contributed by atoms with Gasteiger partial charge in [0.25, 0.3) is 11.8 Å². The molecule has 2 bridgehead atoms. The summed E-state index contributed by atoms with van der Waals surface area (Å²) in [5, 5.41) is 5.99. The number of hydrogen-bond acceptors (Lipinski definition) is 5. The molecule has 41 heavy (non-hydrogen) atoms. The molecule has 4 aromatic rings. The quantitative estimate of drug-likeness (QED) is 0.302. The van der Waals surface area contributed by atoms with Crippen LogP contribution in [0, 0.1) is 23.5 Å². The average molecular weight is 579 g/mol. The molecule has 0 aliphatic heterocycles. The van der Waals surface area contributed by atoms with E-state index in [9.17, 15) is 26.8 Å². The van der Waals surface area contributed by atoms with E-state index < -0.39 is 33.3 Å². The average Bonchev–Trinajstić information content (AvgIpc) is 3.28. The van der Waals surface area contributed by atoms with Gasteiger partial charge in [-0.2, -0.15) is 0 Å². The van der Waals surface area contributed by atoms with Gasteiger partial charge >= 0.3 is 0 Å². The first-order valence-corrected chi connectivity index (χ1v) is 15.3. The largest absolute Gasteiger partial charge is 0.455 e. The number of halogens is 2. The second-order valence-corrected chi connectivity index (χ2v) is 13.4. The van der Waals surface area contributed by atoms with Crippen LogP contribution in [0.3, 0.4) is 0 Å². The van der Waals surface area contributed by atoms with Gasteiger partial charge in [-0.05, 0) is 89.9 Å². The monoisotopic (exact) mass is 578 g/mol. The van der Waals surface area contributed by atoms with Crippen molar-refractivity contribution in [2.24, 2.45) is 11.8 Å². The number of amides is 2. The Morgan fingerprint density at radius 1 is 1.00 bits per heavy atom. The summed E-state index contributed by atoms with van der Waals surface area (Å²) in [5.74, 6) is -1.35. The summed E-state index contributed by atoms with van der Waals surface area (Å²) in [5.41, 5.74) is 1.63. The van der Waals surface area contributed by atoms with E-state index in [0.29, 0.717) is 39.5 Å². The van der Waals surface area contributed by atoms with Crippen LogP contribution in [-0.2, 0) is 15.6 Å². The highest BCUT2D eigenvalue weighted by atomic mass is 32.2. The zero-order valence-corrected chi connectivity index (χ0v) is 23.5. The molecule has 7 nitrogen and oxygen atoms in total. The van der Waals surface area contributed by atoms with Crippen LogP contribution in [0.1, 0.15) is 46.0 Å². The van der Waals surface area contributed by atoms with Crippen molar-refractivity contribution in [2.75, 3.05) is 13.3 Å². The lowest BCUT2D eigenvalue weighted by molar-refractivity contribution is -0.118. The third kappa shape index (κ3) is 4.60. The van der Waals surface area contributed by atoms with Crippen molar-refractivity contribution in [3.8, 4) is 22.5 Å². The molecular formula is C31H28F2N2O5S. The van der Waals surface area contributed by atoms with E-state index in [-0.39, 0.29) is 33.8 Å². The van der Waals surface area contributed by atoms with Gasteiger partial charge in [0.05, 0.1) is 16.9 Å². The number of sulfone groups is 1. The van der Waals surface area contributed by atoms with E-state index in [0.717, 1.165) is 19.1 Å². The number of furan rings is 1. The molecule has 1 atom stereocenters. The standard InChI is InChI=1S/C31H28F2N2O5S/c1-16-20-13-31(16,14-20)35-29(36)23-10-18(6-9-25(23)33)22-12-24-26(11-19(22)15-41(3,38)39)40-28(27(24)30(37)34-2)17-4-7-21(32)8-5-17/h4-12,16,20H,13-15H2,1-3H3,(H,34,37)(H,35,36). The summed E-state index contributed by atoms with van der Waals surface area (Å²) in [7, 11) is -2.06. The minimum atomic E-state index is -3.53. The molecular weight excluding hydrogens is 550 g/mol. The van der Waals surface area contributed by atoms with Gasteiger partial charge in [-0.25, -0.2) is 17.2 Å². The number of carbonyl (C=O) groups excluding carboxylic acids is 2. The van der Waals surface area contributed by atoms with E-state index in [1.807, 2.05) is 0 Å². The van der Waals surface area contributed by atoms with Gasteiger partial charge in [0.2, 0.25) is 0 Å². The minimum Gasteiger partial charge on any atom is -0.455 e. The fourth-order valence-electron chi connectivity index (χ4n) is 6.12. The molecule has 7 rings (SSSR count). The van der Waals surface area contributed by atoms with Gasteiger partial charge < -0.3 is 15.1 Å². The number of hydrogen-bond donors (Lipinski definition) is 2. The second-order valence-electron chi connectivity index (χ2n) is 11.2. The first kappa shape index (κ1) is 27.1. The highest BCUT2D eigenvalue weighted by molar-refractivity contribution is 7.89. The van der Waals surface area contributed by atoms with Crippen LogP contribution in [0.25, 0.3) is 33.4 Å². The van der Waals surface area contributed by atoms with Gasteiger partial charge in [-0.1, -0.05) is 13.0 Å². The van der Waals surface area contributed by atoms with Gasteiger partial charge in [0.15, 0.2) is 9.84 Å². The Hall–Kier alpha value is -4.05. The molecule has 3 aliphatic rings. The van der Waals surface area contributed by atoms with Gasteiger partial charge in [0.1, 0.15) is 23.0 Å². The third-order valence-corrected chi connectivity index (χ3v) is 9.44. The van der Waals surface area contributed by atoms with Gasteiger partial charge in [0, 0.05) is 29.8 Å². The highest BCUT2D eigenvalue weighted by Gasteiger charge is 2.63. The molecule has 1 heterocycles. The Labute approximate surface area is 235 Å². The number of fused-ring (bicyclic) bond motifs is 1. The lowest BCUT2D eigenvalue weighted by Gasteiger charge is -2.67. The molecule has 3 saturated carbocycles. The van der Waals surface area contributed by atoms with Crippen LogP contribution >= 0.6 is 0 Å². The fraction of sp³-hybridized carbons (Fsp3) is 0.290. The summed E-state index contributed by atoms with van der Waals surface area (Å²) in [4.78, 5) is 26.2. The molecule has 2 amide bonds. The van der Waals surface area contributed by atoms with E-state index in [1.165, 1.54) is 55.6 Å². The summed E-state index contributed by atoms with van der Waals surface area (Å²) < 4.78 is 59.4. The van der Waals surface area contributed by atoms with Crippen LogP contribution in [0.4, 0.5) is 8.78 Å². The van der Waals surface area contributed by atoms with E-state index >= 15 is 0 Å². The normalized spacial score (nSPS) is 21.2. The predicted molar refractivity (Wildman–Crippen MR) is 151 cm³/mol. The van der Waals surface area contributed by atoms with Crippen molar-refractivity contribution in [1.82, 2.24) is 10.6 Å². The van der Waals surface area contributed by atoms with Crippen LogP contribution in [0.2, 0.25) is 0 Å². The van der Waals surface area contributed by atoms with E-state index in [4.69, 9.17) is 4.42 Å². The molecule has 2 N–H and O–H groups in total. The number of carbonyl (C=O) groups is 2. The smallest absolute Gasteiger partial charge is 0.255 e. The molecule has 3 fully saturated rings. The Morgan fingerprint density at radius 3 is 2.27 bits per heavy atom. The van der Waals surface area contributed by atoms with Crippen molar-refractivity contribution >= 4 is 32.6 Å². The Bertz CT molecular complexity index is 1840. The maximum Gasteiger partial charge on any atom is 0.255 e. The molecule has 1 aromatic heterocycles. The SMILES string of the molecule is CNC(=O)c1c(-c2ccc(F)cc2)oc2cc(CS(C)(=O)=O)c(-c3ccc(F)c(C(=O)NC45CC(C4)C5C)c3)cc12. The van der Waals surface area contributed by atoms with Crippen LogP contribution in [0.15, 0.2) is 59.0 Å². The van der Waals surface area contributed by atoms with Crippen molar-refractivity contribution in [3.63, 3.8) is 0 Å². The summed E-state index contributed by atoms with van der Waals surface area (Å²) in [6.45, 7) is 2.08. The minimum absolute atomic E-state index is 0.143. The van der Waals surface area contributed by atoms with Crippen LogP contribution < -0.4 is 10.6 Å². The lowest BCUT2D eigenvalue weighted by atomic mass is 9.43. The zero-order chi connectivity index (χ0) is 29.3. The van der Waals surface area contributed by atoms with Crippen molar-refractivity contribution in [1.29, 1.82) is 0 Å². The molecule has 1 unspecified atom stereocenters. The van der Waals surface area contributed by atoms with E-state index in [2.05, 4.69) is 17.6 Å². The fourth-order valence-corrected chi connectivity index (χ4v) is 6.92. The molecule has 0 radical (unpaired) electrons. The Morgan fingerprint density at radius 2 is 1.68 bits per heavy atom. The highest BCUT2D eigenvalue weighted by Crippen LogP contribution is 2.61. The second kappa shape index (κ2) is 9.51. The molecule has 0 spiro atoms. The van der Waals surface area contributed by atoms with Gasteiger partial charge in [-0.15, -0.1) is 0 Å². The molecule has 10 heteroatoms. The van der Waals surface area contributed by atoms with Crippen LogP contribution in [-0.4, -0.2) is 39.1 Å². The van der Waals surface area contributed by atoms with E-state index in [1.54, 1.807) is 6.07 Å².